The molecule has 0 saturated heterocycles. The van der Waals surface area contributed by atoms with Crippen LogP contribution in [0.2, 0.25) is 0 Å². The zero-order chi connectivity index (χ0) is 34.0. The molecule has 1 unspecified atom stereocenters. The van der Waals surface area contributed by atoms with Crippen LogP contribution in [0.15, 0.2) is 107 Å². The minimum atomic E-state index is -0.568. The van der Waals surface area contributed by atoms with Crippen LogP contribution in [0.1, 0.15) is 67.1 Å². The summed E-state index contributed by atoms with van der Waals surface area (Å²) in [6, 6.07) is 28.3. The van der Waals surface area contributed by atoms with E-state index in [-0.39, 0.29) is 17.1 Å². The van der Waals surface area contributed by atoms with E-state index in [2.05, 4.69) is 55.7 Å². The van der Waals surface area contributed by atoms with E-state index in [1.54, 1.807) is 16.8 Å². The van der Waals surface area contributed by atoms with Crippen LogP contribution in [0.3, 0.4) is 0 Å². The third-order valence-electron chi connectivity index (χ3n) is 8.44. The van der Waals surface area contributed by atoms with Crippen molar-refractivity contribution in [2.24, 2.45) is 0 Å². The highest BCUT2D eigenvalue weighted by atomic mass is 32.2. The second-order valence-corrected chi connectivity index (χ2v) is 14.1. The highest BCUT2D eigenvalue weighted by molar-refractivity contribution is 7.98. The largest absolute Gasteiger partial charge is 0.489 e. The van der Waals surface area contributed by atoms with Gasteiger partial charge in [0, 0.05) is 17.1 Å². The van der Waals surface area contributed by atoms with Gasteiger partial charge < -0.3 is 15.4 Å². The van der Waals surface area contributed by atoms with Crippen molar-refractivity contribution in [3.63, 3.8) is 0 Å². The number of nitrogens with zero attached hydrogens (tertiary/aromatic N) is 3. The normalized spacial score (nSPS) is 14.4. The lowest BCUT2D eigenvalue weighted by Crippen LogP contribution is -2.31. The zero-order valence-electron chi connectivity index (χ0n) is 28.1. The summed E-state index contributed by atoms with van der Waals surface area (Å²) in [6.07, 6.45) is 0. The Morgan fingerprint density at radius 2 is 1.71 bits per heavy atom. The second-order valence-electron chi connectivity index (χ2n) is 13.2. The minimum absolute atomic E-state index is 0.0919. The maximum absolute atomic E-state index is 14.3. The molecule has 0 radical (unpaired) electrons. The van der Waals surface area contributed by atoms with E-state index in [0.717, 1.165) is 33.7 Å². The van der Waals surface area contributed by atoms with Crippen LogP contribution in [0.4, 0.5) is 16.0 Å². The lowest BCUT2D eigenvalue weighted by Gasteiger charge is -2.29. The molecule has 1 aromatic heterocycles. The molecular formula is C39H40FN5O2S. The third kappa shape index (κ3) is 7.31. The van der Waals surface area contributed by atoms with Crippen molar-refractivity contribution in [3.8, 4) is 5.75 Å². The van der Waals surface area contributed by atoms with Gasteiger partial charge in [-0.1, -0.05) is 105 Å². The molecule has 0 fully saturated rings. The molecule has 0 bridgehead atoms. The third-order valence-corrected chi connectivity index (χ3v) is 9.33. The molecule has 246 valence electrons. The van der Waals surface area contributed by atoms with E-state index in [4.69, 9.17) is 14.8 Å². The van der Waals surface area contributed by atoms with Gasteiger partial charge in [0.25, 0.3) is 5.91 Å². The molecule has 5 aromatic rings. The Kier molecular flexibility index (Phi) is 9.42. The van der Waals surface area contributed by atoms with Crippen molar-refractivity contribution in [2.75, 3.05) is 10.6 Å². The molecule has 0 aliphatic carbocycles. The number of fused-ring (bicyclic) bond motifs is 1. The Balaban J connectivity index is 1.27. The van der Waals surface area contributed by atoms with Gasteiger partial charge in [0.15, 0.2) is 0 Å². The molecule has 6 rings (SSSR count). The fraction of sp³-hybridized carbons (Fsp3) is 0.256. The van der Waals surface area contributed by atoms with Gasteiger partial charge in [0.2, 0.25) is 11.1 Å². The number of amides is 1. The fourth-order valence-electron chi connectivity index (χ4n) is 5.71. The molecule has 1 atom stereocenters. The van der Waals surface area contributed by atoms with E-state index in [1.807, 2.05) is 69.3 Å². The van der Waals surface area contributed by atoms with Crippen molar-refractivity contribution < 1.29 is 13.9 Å². The maximum Gasteiger partial charge on any atom is 0.255 e. The number of aryl methyl sites for hydroxylation is 2. The van der Waals surface area contributed by atoms with Crippen molar-refractivity contribution in [1.82, 2.24) is 14.8 Å². The Morgan fingerprint density at radius 1 is 0.979 bits per heavy atom. The SMILES string of the molecule is CC1=C(C(=O)Nc2ccc(C)cc2C)C(c2ccc(OCc3ccc(C(C)(C)C)cc3)cc2)n2nc(SCc3ccccc3F)nc2N1. The van der Waals surface area contributed by atoms with Crippen LogP contribution in [0, 0.1) is 19.7 Å². The second kappa shape index (κ2) is 13.7. The Morgan fingerprint density at radius 3 is 2.40 bits per heavy atom. The van der Waals surface area contributed by atoms with Gasteiger partial charge in [-0.25, -0.2) is 9.07 Å². The molecule has 0 spiro atoms. The minimum Gasteiger partial charge on any atom is -0.489 e. The molecule has 0 saturated carbocycles. The predicted octanol–water partition coefficient (Wildman–Crippen LogP) is 9.13. The van der Waals surface area contributed by atoms with Crippen LogP contribution < -0.4 is 15.4 Å². The number of hydrogen-bond acceptors (Lipinski definition) is 6. The first-order valence-electron chi connectivity index (χ1n) is 16.0. The van der Waals surface area contributed by atoms with Crippen molar-refractivity contribution in [2.45, 2.75) is 70.5 Å². The van der Waals surface area contributed by atoms with Crippen LogP contribution in [0.25, 0.3) is 0 Å². The first-order valence-corrected chi connectivity index (χ1v) is 17.0. The summed E-state index contributed by atoms with van der Waals surface area (Å²) in [5.74, 6) is 1.10. The summed E-state index contributed by atoms with van der Waals surface area (Å²) < 4.78 is 22.2. The van der Waals surface area contributed by atoms with E-state index in [0.29, 0.717) is 40.3 Å². The first kappa shape index (κ1) is 33.0. The van der Waals surface area contributed by atoms with Crippen molar-refractivity contribution in [3.05, 3.63) is 141 Å². The number of carbonyl (C=O) groups is 1. The molecule has 48 heavy (non-hydrogen) atoms. The number of thioether (sulfide) groups is 1. The van der Waals surface area contributed by atoms with Gasteiger partial charge in [-0.2, -0.15) is 4.98 Å². The van der Waals surface area contributed by atoms with Gasteiger partial charge in [0.05, 0.1) is 5.57 Å². The van der Waals surface area contributed by atoms with Crippen molar-refractivity contribution >= 4 is 29.3 Å². The molecule has 1 aliphatic heterocycles. The lowest BCUT2D eigenvalue weighted by molar-refractivity contribution is -0.113. The summed E-state index contributed by atoms with van der Waals surface area (Å²) >= 11 is 1.34. The van der Waals surface area contributed by atoms with E-state index >= 15 is 0 Å². The number of benzene rings is 4. The average molecular weight is 662 g/mol. The number of rotatable bonds is 9. The molecule has 2 heterocycles. The summed E-state index contributed by atoms with van der Waals surface area (Å²) in [7, 11) is 0. The highest BCUT2D eigenvalue weighted by Crippen LogP contribution is 2.38. The number of hydrogen-bond donors (Lipinski definition) is 2. The maximum atomic E-state index is 14.3. The Bertz CT molecular complexity index is 1980. The number of ether oxygens (including phenoxy) is 1. The summed E-state index contributed by atoms with van der Waals surface area (Å²) in [5, 5.41) is 11.7. The van der Waals surface area contributed by atoms with Gasteiger partial charge >= 0.3 is 0 Å². The van der Waals surface area contributed by atoms with Crippen LogP contribution in [-0.2, 0) is 22.6 Å². The van der Waals surface area contributed by atoms with Crippen LogP contribution in [-0.4, -0.2) is 20.7 Å². The average Bonchev–Trinajstić information content (AvgIpc) is 3.46. The monoisotopic (exact) mass is 661 g/mol. The molecule has 7 nitrogen and oxygen atoms in total. The van der Waals surface area contributed by atoms with Gasteiger partial charge in [-0.3, -0.25) is 4.79 Å². The first-order chi connectivity index (χ1) is 23.0. The molecule has 9 heteroatoms. The molecule has 1 aliphatic rings. The van der Waals surface area contributed by atoms with Crippen LogP contribution in [0.5, 0.6) is 5.75 Å². The number of halogens is 1. The quantitative estimate of drug-likeness (QED) is 0.153. The highest BCUT2D eigenvalue weighted by Gasteiger charge is 2.34. The van der Waals surface area contributed by atoms with E-state index in [9.17, 15) is 9.18 Å². The number of anilines is 2. The predicted molar refractivity (Wildman–Crippen MR) is 191 cm³/mol. The topological polar surface area (TPSA) is 81.1 Å². The number of aromatic nitrogens is 3. The molecule has 4 aromatic carbocycles. The Labute approximate surface area is 285 Å². The molecule has 1 amide bonds. The smallest absolute Gasteiger partial charge is 0.255 e. The van der Waals surface area contributed by atoms with Crippen molar-refractivity contribution in [1.29, 1.82) is 0 Å². The van der Waals surface area contributed by atoms with E-state index < -0.39 is 6.04 Å². The summed E-state index contributed by atoms with van der Waals surface area (Å²) in [6.45, 7) is 12.9. The van der Waals surface area contributed by atoms with Gasteiger partial charge in [-0.05, 0) is 78.3 Å². The molecule has 2 N–H and O–H groups in total. The number of allylic oxidation sites excluding steroid dienone is 1. The lowest BCUT2D eigenvalue weighted by atomic mass is 9.87. The van der Waals surface area contributed by atoms with Crippen LogP contribution >= 0.6 is 11.8 Å². The van der Waals surface area contributed by atoms with E-state index in [1.165, 1.54) is 23.4 Å². The number of nitrogens with one attached hydrogen (secondary N) is 2. The fourth-order valence-corrected chi connectivity index (χ4v) is 6.53. The summed E-state index contributed by atoms with van der Waals surface area (Å²) in [5.41, 5.74) is 7.91. The summed E-state index contributed by atoms with van der Waals surface area (Å²) in [4.78, 5) is 18.7. The standard InChI is InChI=1S/C39H40FN5O2S/c1-24-11-20-33(25(2)21-24)42-36(46)34-26(3)41-37-43-38(48-23-29-9-7-8-10-32(29)40)44-45(37)35(34)28-14-18-31(19-15-28)47-22-27-12-16-30(17-13-27)39(4,5)6/h7-21,35H,22-23H2,1-6H3,(H,42,46)(H,41,43,44). The Hall–Kier alpha value is -4.89. The van der Waals surface area contributed by atoms with Gasteiger partial charge in [-0.15, -0.1) is 5.10 Å². The van der Waals surface area contributed by atoms with Gasteiger partial charge in [0.1, 0.15) is 24.2 Å². The molecular weight excluding hydrogens is 622 g/mol. The zero-order valence-corrected chi connectivity index (χ0v) is 28.9. The number of carbonyl (C=O) groups excluding carboxylic acids is 1.